The van der Waals surface area contributed by atoms with Crippen LogP contribution >= 0.6 is 22.6 Å². The van der Waals surface area contributed by atoms with Gasteiger partial charge in [-0.25, -0.2) is 21.5 Å². The van der Waals surface area contributed by atoms with Crippen LogP contribution in [0.2, 0.25) is 0 Å². The second-order valence-corrected chi connectivity index (χ2v) is 11.4. The first-order valence-electron chi connectivity index (χ1n) is 10.7. The minimum atomic E-state index is -3.51. The molecular formula is C25H25F2IN2O4S. The van der Waals surface area contributed by atoms with Gasteiger partial charge in [-0.1, -0.05) is 18.2 Å². The van der Waals surface area contributed by atoms with Crippen LogP contribution in [0, 0.1) is 15.2 Å². The maximum Gasteiger partial charge on any atom is 0.255 e. The maximum atomic E-state index is 14.6. The Balaban J connectivity index is 2.03. The van der Waals surface area contributed by atoms with Crippen LogP contribution in [-0.2, 0) is 22.2 Å². The van der Waals surface area contributed by atoms with Gasteiger partial charge in [0.05, 0.1) is 11.3 Å². The number of nitrogens with one attached hydrogen (secondary N) is 1. The fourth-order valence-electron chi connectivity index (χ4n) is 3.40. The molecule has 6 nitrogen and oxygen atoms in total. The second-order valence-electron chi connectivity index (χ2n) is 8.00. The zero-order valence-electron chi connectivity index (χ0n) is 19.4. The lowest BCUT2D eigenvalue weighted by molar-refractivity contribution is 0.0952. The first-order chi connectivity index (χ1) is 16.5. The summed E-state index contributed by atoms with van der Waals surface area (Å²) in [4.78, 5) is 13.0. The van der Waals surface area contributed by atoms with E-state index >= 15 is 0 Å². The highest BCUT2D eigenvalue weighted by Crippen LogP contribution is 2.32. The number of halogens is 3. The van der Waals surface area contributed by atoms with Gasteiger partial charge in [-0.2, -0.15) is 0 Å². The molecule has 0 radical (unpaired) electrons. The van der Waals surface area contributed by atoms with E-state index in [1.807, 2.05) is 22.6 Å². The molecule has 0 saturated carbocycles. The number of hydrogen-bond acceptors (Lipinski definition) is 4. The van der Waals surface area contributed by atoms with Gasteiger partial charge in [0.15, 0.2) is 0 Å². The number of nitrogens with zero attached hydrogens (tertiary/aromatic N) is 1. The Bertz CT molecular complexity index is 1350. The van der Waals surface area contributed by atoms with Crippen LogP contribution in [0.25, 0.3) is 0 Å². The summed E-state index contributed by atoms with van der Waals surface area (Å²) in [6.45, 7) is 2.07. The smallest absolute Gasteiger partial charge is 0.255 e. The van der Waals surface area contributed by atoms with Gasteiger partial charge in [0.1, 0.15) is 23.1 Å². The molecule has 3 rings (SSSR count). The molecule has 0 aliphatic heterocycles. The third kappa shape index (κ3) is 6.98. The van der Waals surface area contributed by atoms with Crippen LogP contribution in [0.15, 0.2) is 54.6 Å². The summed E-state index contributed by atoms with van der Waals surface area (Å²) in [7, 11) is -0.620. The lowest BCUT2D eigenvalue weighted by atomic mass is 9.97. The third-order valence-corrected chi connectivity index (χ3v) is 7.62. The average molecular weight is 614 g/mol. The molecule has 10 heteroatoms. The molecule has 0 bridgehead atoms. The van der Waals surface area contributed by atoms with Gasteiger partial charge in [-0.05, 0) is 76.5 Å². The standard InChI is InChI=1S/C25H25F2IN2O4S/c1-4-29-25(31)24-18(11-17-8-9-20(28)14-22(17)27)12-19(26)13-23(24)34-21-7-5-6-16(10-21)15-35(32,33)30(2)3/h5-10,12-14H,4,11,15H2,1-3H3,(H,29,31). The molecular weight excluding hydrogens is 589 g/mol. The molecule has 0 aliphatic carbocycles. The van der Waals surface area contributed by atoms with E-state index < -0.39 is 27.6 Å². The van der Waals surface area contributed by atoms with Gasteiger partial charge in [0.25, 0.3) is 5.91 Å². The number of sulfonamides is 1. The van der Waals surface area contributed by atoms with E-state index in [4.69, 9.17) is 4.74 Å². The van der Waals surface area contributed by atoms with E-state index in [-0.39, 0.29) is 34.8 Å². The predicted molar refractivity (Wildman–Crippen MR) is 139 cm³/mol. The first kappa shape index (κ1) is 27.0. The number of amides is 1. The molecule has 3 aromatic rings. The number of benzene rings is 3. The van der Waals surface area contributed by atoms with Crippen molar-refractivity contribution in [3.63, 3.8) is 0 Å². The van der Waals surface area contributed by atoms with Crippen LogP contribution < -0.4 is 10.1 Å². The number of carbonyl (C=O) groups excluding carboxylic acids is 1. The molecule has 0 spiro atoms. The zero-order valence-corrected chi connectivity index (χ0v) is 22.4. The van der Waals surface area contributed by atoms with Crippen molar-refractivity contribution >= 4 is 38.5 Å². The Morgan fingerprint density at radius 1 is 1.06 bits per heavy atom. The minimum absolute atomic E-state index is 0.0234. The third-order valence-electron chi connectivity index (χ3n) is 5.14. The summed E-state index contributed by atoms with van der Waals surface area (Å²) in [5.74, 6) is -1.67. The Kier molecular flexibility index (Phi) is 8.84. The Morgan fingerprint density at radius 2 is 1.80 bits per heavy atom. The van der Waals surface area contributed by atoms with E-state index in [9.17, 15) is 22.0 Å². The van der Waals surface area contributed by atoms with Crippen molar-refractivity contribution in [2.75, 3.05) is 20.6 Å². The molecule has 0 fully saturated rings. The largest absolute Gasteiger partial charge is 0.456 e. The van der Waals surface area contributed by atoms with Gasteiger partial charge in [-0.3, -0.25) is 4.79 Å². The van der Waals surface area contributed by atoms with Crippen molar-refractivity contribution in [1.29, 1.82) is 0 Å². The SMILES string of the molecule is CCNC(=O)c1c(Cc2ccc(I)cc2F)cc(F)cc1Oc1cccc(CS(=O)(=O)N(C)C)c1. The Morgan fingerprint density at radius 3 is 2.46 bits per heavy atom. The molecule has 0 saturated heterocycles. The number of carbonyl (C=O) groups is 1. The molecule has 0 unspecified atom stereocenters. The summed E-state index contributed by atoms with van der Waals surface area (Å²) in [5, 5.41) is 2.69. The second kappa shape index (κ2) is 11.4. The summed E-state index contributed by atoms with van der Waals surface area (Å²) in [6.07, 6.45) is -0.0234. The maximum absolute atomic E-state index is 14.6. The number of hydrogen-bond donors (Lipinski definition) is 1. The predicted octanol–water partition coefficient (Wildman–Crippen LogP) is 5.09. The molecule has 1 amide bonds. The lowest BCUT2D eigenvalue weighted by Crippen LogP contribution is -2.25. The fraction of sp³-hybridized carbons (Fsp3) is 0.240. The van der Waals surface area contributed by atoms with Crippen LogP contribution in [0.5, 0.6) is 11.5 Å². The molecule has 186 valence electrons. The highest BCUT2D eigenvalue weighted by atomic mass is 127. The monoisotopic (exact) mass is 614 g/mol. The summed E-state index contributed by atoms with van der Waals surface area (Å²) in [6, 6.07) is 13.3. The van der Waals surface area contributed by atoms with Crippen molar-refractivity contribution in [3.8, 4) is 11.5 Å². The van der Waals surface area contributed by atoms with Crippen molar-refractivity contribution < 1.29 is 26.7 Å². The minimum Gasteiger partial charge on any atom is -0.456 e. The van der Waals surface area contributed by atoms with Gasteiger partial charge in [0, 0.05) is 36.7 Å². The van der Waals surface area contributed by atoms with Crippen molar-refractivity contribution in [2.24, 2.45) is 0 Å². The quantitative estimate of drug-likeness (QED) is 0.341. The van der Waals surface area contributed by atoms with Gasteiger partial charge >= 0.3 is 0 Å². The summed E-state index contributed by atoms with van der Waals surface area (Å²) < 4.78 is 61.4. The van der Waals surface area contributed by atoms with Gasteiger partial charge < -0.3 is 10.1 Å². The van der Waals surface area contributed by atoms with Crippen molar-refractivity contribution in [2.45, 2.75) is 19.1 Å². The van der Waals surface area contributed by atoms with E-state index in [2.05, 4.69) is 5.32 Å². The fourth-order valence-corrected chi connectivity index (χ4v) is 4.71. The number of ether oxygens (including phenoxy) is 1. The van der Waals surface area contributed by atoms with Crippen LogP contribution in [-0.4, -0.2) is 39.3 Å². The molecule has 0 heterocycles. The summed E-state index contributed by atoms with van der Waals surface area (Å²) >= 11 is 1.99. The summed E-state index contributed by atoms with van der Waals surface area (Å²) in [5.41, 5.74) is 1.12. The first-order valence-corrected chi connectivity index (χ1v) is 13.4. The number of rotatable bonds is 9. The Hall–Kier alpha value is -2.57. The van der Waals surface area contributed by atoms with Crippen molar-refractivity contribution in [3.05, 3.63) is 92.1 Å². The average Bonchev–Trinajstić information content (AvgIpc) is 2.75. The normalized spacial score (nSPS) is 11.5. The van der Waals surface area contributed by atoms with Crippen LogP contribution in [0.3, 0.4) is 0 Å². The van der Waals surface area contributed by atoms with Crippen LogP contribution in [0.4, 0.5) is 8.78 Å². The molecule has 0 aromatic heterocycles. The van der Waals surface area contributed by atoms with E-state index in [1.54, 1.807) is 37.3 Å². The molecule has 3 aromatic carbocycles. The van der Waals surface area contributed by atoms with Gasteiger partial charge in [0.2, 0.25) is 10.0 Å². The molecule has 1 N–H and O–H groups in total. The highest BCUT2D eigenvalue weighted by molar-refractivity contribution is 14.1. The van der Waals surface area contributed by atoms with Crippen LogP contribution in [0.1, 0.15) is 34.0 Å². The molecule has 0 aliphatic rings. The van der Waals surface area contributed by atoms with Crippen molar-refractivity contribution in [1.82, 2.24) is 9.62 Å². The van der Waals surface area contributed by atoms with E-state index in [0.29, 0.717) is 21.2 Å². The van der Waals surface area contributed by atoms with E-state index in [0.717, 1.165) is 10.4 Å². The topological polar surface area (TPSA) is 75.7 Å². The highest BCUT2D eigenvalue weighted by Gasteiger charge is 2.22. The molecule has 35 heavy (non-hydrogen) atoms. The Labute approximate surface area is 217 Å². The zero-order chi connectivity index (χ0) is 25.8. The lowest BCUT2D eigenvalue weighted by Gasteiger charge is -2.17. The van der Waals surface area contributed by atoms with E-state index in [1.165, 1.54) is 32.3 Å². The molecule has 0 atom stereocenters. The van der Waals surface area contributed by atoms with Gasteiger partial charge in [-0.15, -0.1) is 0 Å².